The summed E-state index contributed by atoms with van der Waals surface area (Å²) in [5.41, 5.74) is 7.02. The van der Waals surface area contributed by atoms with Crippen molar-refractivity contribution in [3.8, 4) is 0 Å². The van der Waals surface area contributed by atoms with Gasteiger partial charge in [0.2, 0.25) is 0 Å². The smallest absolute Gasteiger partial charge is 0.0950 e. The SMILES string of the molecule is NNC(c1ccoc1)C1CCc2ccccc2C1. The standard InChI is InChI=1S/C15H18N2O/c16-17-15(14-7-8-18-10-14)13-6-5-11-3-1-2-4-12(11)9-13/h1-4,7-8,10,13,15,17H,5-6,9,16H2. The van der Waals surface area contributed by atoms with Gasteiger partial charge in [-0.05, 0) is 42.4 Å². The van der Waals surface area contributed by atoms with Gasteiger partial charge in [-0.3, -0.25) is 11.3 Å². The van der Waals surface area contributed by atoms with Crippen LogP contribution in [0.5, 0.6) is 0 Å². The normalized spacial score (nSPS) is 20.4. The summed E-state index contributed by atoms with van der Waals surface area (Å²) in [6.07, 6.45) is 6.87. The zero-order valence-electron chi connectivity index (χ0n) is 10.3. The first-order valence-electron chi connectivity index (χ1n) is 6.43. The van der Waals surface area contributed by atoms with Gasteiger partial charge in [0.05, 0.1) is 18.6 Å². The molecule has 1 aliphatic rings. The van der Waals surface area contributed by atoms with E-state index >= 15 is 0 Å². The molecule has 3 rings (SSSR count). The maximum absolute atomic E-state index is 5.72. The third-order valence-corrected chi connectivity index (χ3v) is 3.94. The molecular weight excluding hydrogens is 224 g/mol. The van der Waals surface area contributed by atoms with E-state index in [1.807, 2.05) is 6.07 Å². The average Bonchev–Trinajstić information content (AvgIpc) is 2.93. The van der Waals surface area contributed by atoms with E-state index in [0.717, 1.165) is 24.8 Å². The van der Waals surface area contributed by atoms with Crippen LogP contribution in [-0.4, -0.2) is 0 Å². The Morgan fingerprint density at radius 1 is 1.22 bits per heavy atom. The molecule has 1 aromatic heterocycles. The number of hydrogen-bond acceptors (Lipinski definition) is 3. The molecule has 1 aromatic carbocycles. The molecule has 0 aliphatic heterocycles. The highest BCUT2D eigenvalue weighted by Gasteiger charge is 2.27. The van der Waals surface area contributed by atoms with Gasteiger partial charge in [-0.2, -0.15) is 0 Å². The summed E-state index contributed by atoms with van der Waals surface area (Å²) in [6.45, 7) is 0. The molecule has 3 N–H and O–H groups in total. The molecule has 0 spiro atoms. The maximum Gasteiger partial charge on any atom is 0.0950 e. The number of furan rings is 1. The molecule has 94 valence electrons. The number of nitrogens with one attached hydrogen (secondary N) is 1. The van der Waals surface area contributed by atoms with E-state index < -0.39 is 0 Å². The lowest BCUT2D eigenvalue weighted by molar-refractivity contribution is 0.327. The van der Waals surface area contributed by atoms with Crippen LogP contribution in [0.4, 0.5) is 0 Å². The lowest BCUT2D eigenvalue weighted by Gasteiger charge is -2.30. The predicted octanol–water partition coefficient (Wildman–Crippen LogP) is 2.59. The van der Waals surface area contributed by atoms with Crippen LogP contribution in [0.15, 0.2) is 47.3 Å². The molecular formula is C15H18N2O. The number of nitrogens with two attached hydrogens (primary N) is 1. The lowest BCUT2D eigenvalue weighted by atomic mass is 9.78. The third-order valence-electron chi connectivity index (χ3n) is 3.94. The summed E-state index contributed by atoms with van der Waals surface area (Å²) in [6, 6.07) is 10.9. The number of hydrogen-bond donors (Lipinski definition) is 2. The van der Waals surface area contributed by atoms with Gasteiger partial charge in [-0.25, -0.2) is 0 Å². The zero-order chi connectivity index (χ0) is 12.4. The number of fused-ring (bicyclic) bond motifs is 1. The van der Waals surface area contributed by atoms with E-state index in [0.29, 0.717) is 5.92 Å². The van der Waals surface area contributed by atoms with E-state index in [4.69, 9.17) is 10.3 Å². The van der Waals surface area contributed by atoms with E-state index in [1.54, 1.807) is 12.5 Å². The first-order valence-corrected chi connectivity index (χ1v) is 6.43. The van der Waals surface area contributed by atoms with Crippen LogP contribution >= 0.6 is 0 Å². The van der Waals surface area contributed by atoms with E-state index in [1.165, 1.54) is 11.1 Å². The third kappa shape index (κ3) is 2.07. The second kappa shape index (κ2) is 4.96. The van der Waals surface area contributed by atoms with Crippen LogP contribution in [0.1, 0.15) is 29.2 Å². The Bertz CT molecular complexity index is 507. The van der Waals surface area contributed by atoms with Crippen LogP contribution < -0.4 is 11.3 Å². The van der Waals surface area contributed by atoms with Crippen molar-refractivity contribution in [2.45, 2.75) is 25.3 Å². The summed E-state index contributed by atoms with van der Waals surface area (Å²) in [7, 11) is 0. The number of hydrazine groups is 1. The maximum atomic E-state index is 5.72. The minimum atomic E-state index is 0.178. The molecule has 0 saturated heterocycles. The number of aryl methyl sites for hydroxylation is 1. The van der Waals surface area contributed by atoms with Gasteiger partial charge in [0, 0.05) is 5.56 Å². The fraction of sp³-hybridized carbons (Fsp3) is 0.333. The summed E-state index contributed by atoms with van der Waals surface area (Å²) in [5, 5.41) is 0. The Balaban J connectivity index is 1.82. The second-order valence-electron chi connectivity index (χ2n) is 4.97. The molecule has 0 saturated carbocycles. The Hall–Kier alpha value is -1.58. The summed E-state index contributed by atoms with van der Waals surface area (Å²) in [4.78, 5) is 0. The van der Waals surface area contributed by atoms with Crippen molar-refractivity contribution < 1.29 is 4.42 Å². The summed E-state index contributed by atoms with van der Waals surface area (Å²) < 4.78 is 5.16. The van der Waals surface area contributed by atoms with Crippen molar-refractivity contribution >= 4 is 0 Å². The average molecular weight is 242 g/mol. The predicted molar refractivity (Wildman–Crippen MR) is 70.7 cm³/mol. The van der Waals surface area contributed by atoms with Gasteiger partial charge in [0.1, 0.15) is 0 Å². The molecule has 0 amide bonds. The summed E-state index contributed by atoms with van der Waals surface area (Å²) >= 11 is 0. The molecule has 1 aliphatic carbocycles. The molecule has 3 heteroatoms. The molecule has 0 radical (unpaired) electrons. The van der Waals surface area contributed by atoms with E-state index in [-0.39, 0.29) is 6.04 Å². The van der Waals surface area contributed by atoms with Crippen LogP contribution in [0.2, 0.25) is 0 Å². The molecule has 2 unspecified atom stereocenters. The number of benzene rings is 1. The highest BCUT2D eigenvalue weighted by atomic mass is 16.3. The van der Waals surface area contributed by atoms with Crippen LogP contribution in [0.3, 0.4) is 0 Å². The second-order valence-corrected chi connectivity index (χ2v) is 4.97. The highest BCUT2D eigenvalue weighted by molar-refractivity contribution is 5.30. The molecule has 0 bridgehead atoms. The van der Waals surface area contributed by atoms with Crippen molar-refractivity contribution in [2.24, 2.45) is 11.8 Å². The number of rotatable bonds is 3. The largest absolute Gasteiger partial charge is 0.472 e. The highest BCUT2D eigenvalue weighted by Crippen LogP contribution is 2.33. The van der Waals surface area contributed by atoms with Gasteiger partial charge < -0.3 is 4.42 Å². The van der Waals surface area contributed by atoms with Gasteiger partial charge in [-0.15, -0.1) is 0 Å². The minimum absolute atomic E-state index is 0.178. The Labute approximate surface area is 107 Å². The quantitative estimate of drug-likeness (QED) is 0.642. The van der Waals surface area contributed by atoms with Crippen molar-refractivity contribution in [3.05, 3.63) is 59.5 Å². The monoisotopic (exact) mass is 242 g/mol. The molecule has 2 aromatic rings. The zero-order valence-corrected chi connectivity index (χ0v) is 10.3. The lowest BCUT2D eigenvalue weighted by Crippen LogP contribution is -2.35. The van der Waals surface area contributed by atoms with E-state index in [2.05, 4.69) is 29.7 Å². The molecule has 1 heterocycles. The van der Waals surface area contributed by atoms with Crippen LogP contribution in [0, 0.1) is 5.92 Å². The van der Waals surface area contributed by atoms with Crippen molar-refractivity contribution in [1.29, 1.82) is 0 Å². The van der Waals surface area contributed by atoms with Crippen molar-refractivity contribution in [3.63, 3.8) is 0 Å². The van der Waals surface area contributed by atoms with Crippen LogP contribution in [-0.2, 0) is 12.8 Å². The van der Waals surface area contributed by atoms with Gasteiger partial charge in [0.25, 0.3) is 0 Å². The summed E-state index contributed by atoms with van der Waals surface area (Å²) in [5.74, 6) is 6.25. The van der Waals surface area contributed by atoms with Gasteiger partial charge >= 0.3 is 0 Å². The fourth-order valence-corrected chi connectivity index (χ4v) is 2.97. The van der Waals surface area contributed by atoms with Crippen molar-refractivity contribution in [2.75, 3.05) is 0 Å². The molecule has 18 heavy (non-hydrogen) atoms. The molecule has 3 nitrogen and oxygen atoms in total. The van der Waals surface area contributed by atoms with E-state index in [9.17, 15) is 0 Å². The Kier molecular flexibility index (Phi) is 3.17. The van der Waals surface area contributed by atoms with Gasteiger partial charge in [-0.1, -0.05) is 24.3 Å². The van der Waals surface area contributed by atoms with Crippen molar-refractivity contribution in [1.82, 2.24) is 5.43 Å². The Morgan fingerprint density at radius 3 is 2.78 bits per heavy atom. The van der Waals surface area contributed by atoms with Crippen LogP contribution in [0.25, 0.3) is 0 Å². The minimum Gasteiger partial charge on any atom is -0.472 e. The first-order chi connectivity index (χ1) is 8.88. The van der Waals surface area contributed by atoms with Gasteiger partial charge in [0.15, 0.2) is 0 Å². The molecule has 2 atom stereocenters. The fourth-order valence-electron chi connectivity index (χ4n) is 2.97. The Morgan fingerprint density at radius 2 is 2.06 bits per heavy atom. The molecule has 0 fully saturated rings. The first kappa shape index (κ1) is 11.5. The topological polar surface area (TPSA) is 51.2 Å².